The van der Waals surface area contributed by atoms with E-state index in [0.717, 1.165) is 18.7 Å². The number of amides is 1. The molecule has 1 aromatic carbocycles. The first-order valence-corrected chi connectivity index (χ1v) is 8.10. The molecule has 2 N–H and O–H groups in total. The van der Waals surface area contributed by atoms with Crippen LogP contribution in [0.5, 0.6) is 11.6 Å². The maximum atomic E-state index is 12.1. The van der Waals surface area contributed by atoms with Gasteiger partial charge in [-0.15, -0.1) is 0 Å². The maximum absolute atomic E-state index is 12.1. The van der Waals surface area contributed by atoms with E-state index in [9.17, 15) is 4.79 Å². The summed E-state index contributed by atoms with van der Waals surface area (Å²) in [6, 6.07) is 11.4. The van der Waals surface area contributed by atoms with Gasteiger partial charge < -0.3 is 20.1 Å². The monoisotopic (exact) mass is 327 g/mol. The lowest BCUT2D eigenvalue weighted by molar-refractivity contribution is -0.128. The van der Waals surface area contributed by atoms with Gasteiger partial charge in [0, 0.05) is 19.2 Å². The number of anilines is 1. The Morgan fingerprint density at radius 2 is 2.33 bits per heavy atom. The van der Waals surface area contributed by atoms with Crippen molar-refractivity contribution in [3.05, 3.63) is 48.2 Å². The molecular weight excluding hydrogens is 306 g/mol. The normalized spacial score (nSPS) is 17.3. The molecule has 1 aliphatic heterocycles. The molecular formula is C18H21N3O3. The average Bonchev–Trinajstić information content (AvgIpc) is 2.64. The van der Waals surface area contributed by atoms with E-state index in [4.69, 9.17) is 9.47 Å². The van der Waals surface area contributed by atoms with Gasteiger partial charge in [0.25, 0.3) is 5.91 Å². The van der Waals surface area contributed by atoms with E-state index in [2.05, 4.69) is 28.6 Å². The predicted octanol–water partition coefficient (Wildman–Crippen LogP) is 2.36. The van der Waals surface area contributed by atoms with Crippen LogP contribution in [0.2, 0.25) is 0 Å². The molecule has 1 atom stereocenters. The van der Waals surface area contributed by atoms with Gasteiger partial charge >= 0.3 is 0 Å². The van der Waals surface area contributed by atoms with Crippen LogP contribution in [0.4, 0.5) is 5.69 Å². The van der Waals surface area contributed by atoms with Crippen LogP contribution in [-0.4, -0.2) is 36.7 Å². The molecule has 0 spiro atoms. The lowest BCUT2D eigenvalue weighted by Gasteiger charge is -2.22. The molecule has 3 rings (SSSR count). The fourth-order valence-corrected chi connectivity index (χ4v) is 2.42. The molecule has 2 heterocycles. The number of pyridine rings is 1. The Morgan fingerprint density at radius 1 is 1.42 bits per heavy atom. The zero-order chi connectivity index (χ0) is 16.8. The standard InChI is InChI=1S/C18H21N3O3/c1-2-13-4-3-5-15(10-13)24-17-7-6-14(11-20-17)21-18(22)16-12-19-8-9-23-16/h3-7,10-11,16,19H,2,8-9,12H2,1H3,(H,21,22). The molecule has 0 radical (unpaired) electrons. The Morgan fingerprint density at radius 3 is 3.04 bits per heavy atom. The van der Waals surface area contributed by atoms with Crippen LogP contribution in [-0.2, 0) is 16.0 Å². The number of ether oxygens (including phenoxy) is 2. The SMILES string of the molecule is CCc1cccc(Oc2ccc(NC(=O)C3CNCCO3)cn2)c1. The molecule has 0 bridgehead atoms. The summed E-state index contributed by atoms with van der Waals surface area (Å²) in [5, 5.41) is 5.92. The zero-order valence-corrected chi connectivity index (χ0v) is 13.6. The smallest absolute Gasteiger partial charge is 0.254 e. The van der Waals surface area contributed by atoms with Crippen LogP contribution >= 0.6 is 0 Å². The fraction of sp³-hybridized carbons (Fsp3) is 0.333. The lowest BCUT2D eigenvalue weighted by atomic mass is 10.2. The Balaban J connectivity index is 1.59. The Hall–Kier alpha value is -2.44. The Kier molecular flexibility index (Phi) is 5.40. The number of aromatic nitrogens is 1. The van der Waals surface area contributed by atoms with Crippen molar-refractivity contribution >= 4 is 11.6 Å². The third-order valence-corrected chi connectivity index (χ3v) is 3.75. The summed E-state index contributed by atoms with van der Waals surface area (Å²) in [7, 11) is 0. The highest BCUT2D eigenvalue weighted by atomic mass is 16.5. The van der Waals surface area contributed by atoms with E-state index < -0.39 is 6.10 Å². The van der Waals surface area contributed by atoms with Crippen molar-refractivity contribution in [3.8, 4) is 11.6 Å². The van der Waals surface area contributed by atoms with Crippen LogP contribution in [0.25, 0.3) is 0 Å². The van der Waals surface area contributed by atoms with Crippen LogP contribution in [0.1, 0.15) is 12.5 Å². The van der Waals surface area contributed by atoms with Crippen molar-refractivity contribution < 1.29 is 14.3 Å². The summed E-state index contributed by atoms with van der Waals surface area (Å²) in [4.78, 5) is 16.3. The summed E-state index contributed by atoms with van der Waals surface area (Å²) in [6.07, 6.45) is 2.06. The zero-order valence-electron chi connectivity index (χ0n) is 13.6. The largest absolute Gasteiger partial charge is 0.439 e. The maximum Gasteiger partial charge on any atom is 0.254 e. The van der Waals surface area contributed by atoms with Gasteiger partial charge in [-0.25, -0.2) is 4.98 Å². The highest BCUT2D eigenvalue weighted by molar-refractivity contribution is 5.94. The van der Waals surface area contributed by atoms with Crippen molar-refractivity contribution in [2.75, 3.05) is 25.0 Å². The highest BCUT2D eigenvalue weighted by Gasteiger charge is 2.21. The number of benzene rings is 1. The van der Waals surface area contributed by atoms with Gasteiger partial charge in [0.15, 0.2) is 0 Å². The second-order valence-corrected chi connectivity index (χ2v) is 5.54. The van der Waals surface area contributed by atoms with E-state index in [1.807, 2.05) is 18.2 Å². The molecule has 1 fully saturated rings. The summed E-state index contributed by atoms with van der Waals surface area (Å²) in [6.45, 7) is 3.94. The lowest BCUT2D eigenvalue weighted by Crippen LogP contribution is -2.45. The average molecular weight is 327 g/mol. The van der Waals surface area contributed by atoms with Gasteiger partial charge in [0.2, 0.25) is 5.88 Å². The number of aryl methyl sites for hydroxylation is 1. The highest BCUT2D eigenvalue weighted by Crippen LogP contribution is 2.21. The molecule has 2 aromatic rings. The van der Waals surface area contributed by atoms with Crippen molar-refractivity contribution in [2.45, 2.75) is 19.4 Å². The fourth-order valence-electron chi connectivity index (χ4n) is 2.42. The number of nitrogens with one attached hydrogen (secondary N) is 2. The molecule has 0 saturated carbocycles. The molecule has 1 saturated heterocycles. The van der Waals surface area contributed by atoms with E-state index in [1.165, 1.54) is 5.56 Å². The molecule has 1 amide bonds. The summed E-state index contributed by atoms with van der Waals surface area (Å²) >= 11 is 0. The van der Waals surface area contributed by atoms with Gasteiger partial charge in [0.05, 0.1) is 18.5 Å². The third kappa shape index (κ3) is 4.31. The molecule has 1 aliphatic rings. The Labute approximate surface area is 141 Å². The minimum atomic E-state index is -0.466. The topological polar surface area (TPSA) is 72.5 Å². The van der Waals surface area contributed by atoms with Crippen molar-refractivity contribution in [1.29, 1.82) is 0 Å². The van der Waals surface area contributed by atoms with Crippen molar-refractivity contribution in [1.82, 2.24) is 10.3 Å². The second-order valence-electron chi connectivity index (χ2n) is 5.54. The van der Waals surface area contributed by atoms with Crippen LogP contribution < -0.4 is 15.4 Å². The molecule has 1 unspecified atom stereocenters. The first-order valence-electron chi connectivity index (χ1n) is 8.10. The number of carbonyl (C=O) groups excluding carboxylic acids is 1. The number of hydrogen-bond donors (Lipinski definition) is 2. The number of rotatable bonds is 5. The van der Waals surface area contributed by atoms with E-state index >= 15 is 0 Å². The summed E-state index contributed by atoms with van der Waals surface area (Å²) < 4.78 is 11.2. The number of morpholine rings is 1. The molecule has 24 heavy (non-hydrogen) atoms. The molecule has 6 heteroatoms. The van der Waals surface area contributed by atoms with Crippen molar-refractivity contribution in [3.63, 3.8) is 0 Å². The molecule has 126 valence electrons. The molecule has 1 aromatic heterocycles. The molecule has 6 nitrogen and oxygen atoms in total. The number of carbonyl (C=O) groups is 1. The summed E-state index contributed by atoms with van der Waals surface area (Å²) in [5.41, 5.74) is 1.82. The second kappa shape index (κ2) is 7.90. The molecule has 0 aliphatic carbocycles. The van der Waals surface area contributed by atoms with Crippen molar-refractivity contribution in [2.24, 2.45) is 0 Å². The minimum Gasteiger partial charge on any atom is -0.439 e. The Bertz CT molecular complexity index is 682. The van der Waals surface area contributed by atoms with Gasteiger partial charge in [-0.1, -0.05) is 19.1 Å². The van der Waals surface area contributed by atoms with Crippen LogP contribution in [0.3, 0.4) is 0 Å². The number of nitrogens with zero attached hydrogens (tertiary/aromatic N) is 1. The van der Waals surface area contributed by atoms with Gasteiger partial charge in [-0.05, 0) is 30.2 Å². The minimum absolute atomic E-state index is 0.173. The van der Waals surface area contributed by atoms with E-state index in [0.29, 0.717) is 24.7 Å². The first-order chi connectivity index (χ1) is 11.7. The predicted molar refractivity (Wildman–Crippen MR) is 91.4 cm³/mol. The van der Waals surface area contributed by atoms with E-state index in [-0.39, 0.29) is 5.91 Å². The first kappa shape index (κ1) is 16.4. The summed E-state index contributed by atoms with van der Waals surface area (Å²) in [5.74, 6) is 1.06. The third-order valence-electron chi connectivity index (χ3n) is 3.75. The van der Waals surface area contributed by atoms with Crippen LogP contribution in [0, 0.1) is 0 Å². The van der Waals surface area contributed by atoms with E-state index in [1.54, 1.807) is 18.3 Å². The van der Waals surface area contributed by atoms with Gasteiger partial charge in [-0.3, -0.25) is 4.79 Å². The quantitative estimate of drug-likeness (QED) is 0.882. The van der Waals surface area contributed by atoms with Gasteiger partial charge in [0.1, 0.15) is 11.9 Å². The van der Waals surface area contributed by atoms with Gasteiger partial charge in [-0.2, -0.15) is 0 Å². The number of hydrogen-bond acceptors (Lipinski definition) is 5. The van der Waals surface area contributed by atoms with Crippen LogP contribution in [0.15, 0.2) is 42.6 Å².